The summed E-state index contributed by atoms with van der Waals surface area (Å²) in [7, 11) is 0. The number of carbonyl (C=O) groups is 2. The normalized spacial score (nSPS) is 17.6. The van der Waals surface area contributed by atoms with Gasteiger partial charge in [-0.15, -0.1) is 17.7 Å². The molecule has 2 amide bonds. The van der Waals surface area contributed by atoms with Gasteiger partial charge in [0.25, 0.3) is 5.91 Å². The number of anilines is 3. The fourth-order valence-corrected chi connectivity index (χ4v) is 7.63. The molecule has 1 N–H and O–H groups in total. The number of nitrogens with zero attached hydrogens (tertiary/aromatic N) is 4. The zero-order valence-corrected chi connectivity index (χ0v) is 33.6. The maximum atomic E-state index is 14.0. The molecular formula is C43H41N5O3U. The molecule has 1 aromatic heterocycles. The van der Waals surface area contributed by atoms with Crippen LogP contribution in [0.1, 0.15) is 68.8 Å². The molecule has 3 aromatic carbocycles. The van der Waals surface area contributed by atoms with Crippen molar-refractivity contribution in [2.24, 2.45) is 10.4 Å². The molecule has 0 unspecified atom stereocenters. The Kier molecular flexibility index (Phi) is 10.9. The van der Waals surface area contributed by atoms with Crippen LogP contribution < -0.4 is 15.1 Å². The van der Waals surface area contributed by atoms with Crippen molar-refractivity contribution < 1.29 is 45.4 Å². The number of ether oxygens (including phenoxy) is 1. The first-order chi connectivity index (χ1) is 24.9. The van der Waals surface area contributed by atoms with Crippen LogP contribution >= 0.6 is 0 Å². The smallest absolute Gasteiger partial charge is 0.381 e. The summed E-state index contributed by atoms with van der Waals surface area (Å²) in [6.07, 6.45) is 15.9. The minimum Gasteiger partial charge on any atom is -0.381 e. The van der Waals surface area contributed by atoms with Crippen molar-refractivity contribution in [1.82, 2.24) is 4.98 Å². The number of aromatic nitrogens is 1. The third kappa shape index (κ3) is 7.59. The summed E-state index contributed by atoms with van der Waals surface area (Å²) in [6.45, 7) is 5.94. The van der Waals surface area contributed by atoms with Gasteiger partial charge >= 0.3 is 31.1 Å². The number of allylic oxidation sites excluding steroid dienone is 2. The Morgan fingerprint density at radius 3 is 2.56 bits per heavy atom. The van der Waals surface area contributed by atoms with Gasteiger partial charge in [-0.2, -0.15) is 0 Å². The van der Waals surface area contributed by atoms with Crippen molar-refractivity contribution in [3.63, 3.8) is 0 Å². The number of aliphatic imine (C=N–C) groups is 1. The second kappa shape index (κ2) is 15.8. The summed E-state index contributed by atoms with van der Waals surface area (Å²) in [5.41, 5.74) is 8.95. The molecule has 2 fully saturated rings. The molecule has 0 radical (unpaired) electrons. The van der Waals surface area contributed by atoms with Crippen LogP contribution in [0.4, 0.5) is 22.9 Å². The molecular weight excluding hydrogens is 873 g/mol. The second-order valence-corrected chi connectivity index (χ2v) is 14.0. The van der Waals surface area contributed by atoms with Crippen LogP contribution in [0.3, 0.4) is 0 Å². The molecule has 9 heteroatoms. The molecule has 4 heterocycles. The number of fused-ring (bicyclic) bond motifs is 2. The van der Waals surface area contributed by atoms with E-state index in [4.69, 9.17) is 9.72 Å². The number of benzene rings is 3. The SMILES string of the molecule is Cc1ccccc1N=C[C-]=CC1=[C-]c2ccccc2N(C(=O)c2ccc(NC(=O)c3cc4c(nc3N3CC5(CCOCC5)C3)CCC4)cc2)CC1.[U+2]. The predicted molar refractivity (Wildman–Crippen MR) is 201 cm³/mol. The summed E-state index contributed by atoms with van der Waals surface area (Å²) in [5.74, 6) is 0.499. The zero-order chi connectivity index (χ0) is 34.8. The predicted octanol–water partition coefficient (Wildman–Crippen LogP) is 7.64. The van der Waals surface area contributed by atoms with Crippen molar-refractivity contribution >= 4 is 40.9 Å². The number of pyridine rings is 1. The fraction of sp³-hybridized carbons (Fsp3) is 0.302. The monoisotopic (exact) mass is 913 g/mol. The largest absolute Gasteiger partial charge is 2.00 e. The first-order valence-corrected chi connectivity index (χ1v) is 17.9. The van der Waals surface area contributed by atoms with Gasteiger partial charge in [-0.3, -0.25) is 26.2 Å². The average Bonchev–Trinajstić information content (AvgIpc) is 3.53. The molecule has 260 valence electrons. The van der Waals surface area contributed by atoms with Crippen molar-refractivity contribution in [1.29, 1.82) is 0 Å². The quantitative estimate of drug-likeness (QED) is 0.152. The van der Waals surface area contributed by atoms with Crippen LogP contribution in [0.5, 0.6) is 0 Å². The van der Waals surface area contributed by atoms with Gasteiger partial charge in [-0.05, 0) is 92.2 Å². The van der Waals surface area contributed by atoms with E-state index in [-0.39, 0.29) is 48.3 Å². The number of aryl methyl sites for hydroxylation is 3. The maximum Gasteiger partial charge on any atom is 2.00 e. The van der Waals surface area contributed by atoms with E-state index < -0.39 is 0 Å². The minimum absolute atomic E-state index is 0. The molecule has 0 atom stereocenters. The van der Waals surface area contributed by atoms with Crippen molar-refractivity contribution in [2.45, 2.75) is 45.4 Å². The molecule has 1 spiro atoms. The standard InChI is InChI=1S/C43H41N5O3.U/c1-30-8-2-4-12-37(30)44-22-7-9-31-19-23-48(39-14-5-3-10-34(39)26-31)42(50)32-15-17-35(18-16-32)45-41(49)36-27-33-11-6-13-38(33)46-40(36)47-28-43(29-47)20-24-51-25-21-43;/h2-5,8-10,12,14-18,22,27H,6,11,13,19-21,23-25,28-29H2,1H3,(H,45,49);/q-2;+2. The molecule has 4 aliphatic rings. The number of nitrogens with one attached hydrogen (secondary N) is 1. The van der Waals surface area contributed by atoms with E-state index in [1.54, 1.807) is 35.4 Å². The van der Waals surface area contributed by atoms with Gasteiger partial charge in [-0.25, -0.2) is 11.1 Å². The van der Waals surface area contributed by atoms with E-state index in [2.05, 4.69) is 27.4 Å². The van der Waals surface area contributed by atoms with Gasteiger partial charge in [0.05, 0.1) is 11.3 Å². The van der Waals surface area contributed by atoms with Gasteiger partial charge in [0.15, 0.2) is 0 Å². The summed E-state index contributed by atoms with van der Waals surface area (Å²) in [4.78, 5) is 41.4. The number of para-hydroxylation sites is 2. The Bertz CT molecular complexity index is 2060. The molecule has 2 saturated heterocycles. The fourth-order valence-electron chi connectivity index (χ4n) is 7.63. The Labute approximate surface area is 329 Å². The van der Waals surface area contributed by atoms with Gasteiger partial charge in [0.1, 0.15) is 5.82 Å². The Morgan fingerprint density at radius 2 is 1.75 bits per heavy atom. The van der Waals surface area contributed by atoms with Crippen LogP contribution in [0.2, 0.25) is 0 Å². The minimum atomic E-state index is -0.177. The van der Waals surface area contributed by atoms with Crippen LogP contribution in [0.25, 0.3) is 0 Å². The van der Waals surface area contributed by atoms with Gasteiger partial charge in [0.2, 0.25) is 5.91 Å². The third-order valence-corrected chi connectivity index (χ3v) is 10.6. The van der Waals surface area contributed by atoms with Crippen molar-refractivity contribution in [2.75, 3.05) is 48.0 Å². The number of carbonyl (C=O) groups excluding carboxylic acids is 2. The number of amides is 2. The van der Waals surface area contributed by atoms with Gasteiger partial charge in [0, 0.05) is 55.2 Å². The van der Waals surface area contributed by atoms with Gasteiger partial charge in [-0.1, -0.05) is 43.0 Å². The topological polar surface area (TPSA) is 87.1 Å². The molecule has 52 heavy (non-hydrogen) atoms. The summed E-state index contributed by atoms with van der Waals surface area (Å²) in [6, 6.07) is 25.0. The third-order valence-electron chi connectivity index (χ3n) is 10.6. The van der Waals surface area contributed by atoms with E-state index in [9.17, 15) is 9.59 Å². The summed E-state index contributed by atoms with van der Waals surface area (Å²) < 4.78 is 5.61. The van der Waals surface area contributed by atoms with E-state index in [1.165, 1.54) is 5.56 Å². The first-order valence-electron chi connectivity index (χ1n) is 17.9. The van der Waals surface area contributed by atoms with Crippen molar-refractivity contribution in [3.8, 4) is 0 Å². The zero-order valence-electron chi connectivity index (χ0n) is 29.5. The molecule has 0 saturated carbocycles. The summed E-state index contributed by atoms with van der Waals surface area (Å²) >= 11 is 0. The van der Waals surface area contributed by atoms with E-state index in [0.717, 1.165) is 98.0 Å². The maximum absolute atomic E-state index is 14.0. The second-order valence-electron chi connectivity index (χ2n) is 14.0. The molecule has 1 aliphatic carbocycles. The molecule has 4 aromatic rings. The molecule has 3 aliphatic heterocycles. The summed E-state index contributed by atoms with van der Waals surface area (Å²) in [5, 5.41) is 3.09. The van der Waals surface area contributed by atoms with Crippen LogP contribution in [0, 0.1) is 55.6 Å². The average molecular weight is 914 g/mol. The Hall–Kier alpha value is -4.29. The van der Waals surface area contributed by atoms with Crippen molar-refractivity contribution in [3.05, 3.63) is 136 Å². The Balaban J connectivity index is 0.00000420. The number of rotatable bonds is 7. The molecule has 0 bridgehead atoms. The number of hydrogen-bond acceptors (Lipinski definition) is 6. The molecule has 8 rings (SSSR count). The molecule has 8 nitrogen and oxygen atoms in total. The first kappa shape index (κ1) is 36.1. The van der Waals surface area contributed by atoms with Crippen LogP contribution in [-0.2, 0) is 17.6 Å². The Morgan fingerprint density at radius 1 is 0.981 bits per heavy atom. The number of hydrogen-bond donors (Lipinski definition) is 1. The van der Waals surface area contributed by atoms with Gasteiger partial charge < -0.3 is 25.9 Å². The van der Waals surface area contributed by atoms with E-state index in [1.807, 2.05) is 67.6 Å². The van der Waals surface area contributed by atoms with E-state index >= 15 is 0 Å². The van der Waals surface area contributed by atoms with Crippen LogP contribution in [-0.4, -0.2) is 55.9 Å². The van der Waals surface area contributed by atoms with E-state index in [0.29, 0.717) is 29.8 Å². The van der Waals surface area contributed by atoms with Crippen LogP contribution in [0.15, 0.2) is 95.5 Å².